The van der Waals surface area contributed by atoms with E-state index in [0.717, 1.165) is 24.3 Å². The molecule has 0 bridgehead atoms. The van der Waals surface area contributed by atoms with E-state index in [1.54, 1.807) is 0 Å². The summed E-state index contributed by atoms with van der Waals surface area (Å²) in [7, 11) is 0. The van der Waals surface area contributed by atoms with Gasteiger partial charge in [-0.2, -0.15) is 0 Å². The molecule has 68 valence electrons. The second kappa shape index (κ2) is 4.38. The van der Waals surface area contributed by atoms with Crippen LogP contribution in [0.4, 0.5) is 5.69 Å². The molecule has 0 spiro atoms. The van der Waals surface area contributed by atoms with Crippen molar-refractivity contribution in [2.45, 2.75) is 6.42 Å². The van der Waals surface area contributed by atoms with Crippen molar-refractivity contribution in [1.82, 2.24) is 4.98 Å². The van der Waals surface area contributed by atoms with Crippen molar-refractivity contribution in [3.8, 4) is 0 Å². The van der Waals surface area contributed by atoms with Gasteiger partial charge in [0.2, 0.25) is 5.56 Å². The lowest BCUT2D eigenvalue weighted by atomic mass is 10.3. The lowest BCUT2D eigenvalue weighted by Crippen LogP contribution is -2.04. The molecule has 0 fully saturated rings. The lowest BCUT2D eigenvalue weighted by molar-refractivity contribution is 1.03. The molecule has 3 nitrogen and oxygen atoms in total. The van der Waals surface area contributed by atoms with Gasteiger partial charge in [0.1, 0.15) is 0 Å². The standard InChI is InChI=1S/C7H8N2O.2ClH/c10-7-2-1-5-6(9-7)3-4-8-5;;/h1-2,8H,3-4H2,(H,9,10);2*1H. The Hall–Kier alpha value is -0.670. The minimum Gasteiger partial charge on any atom is -0.383 e. The average molecular weight is 209 g/mol. The Bertz CT molecular complexity index is 311. The number of fused-ring (bicyclic) bond motifs is 1. The summed E-state index contributed by atoms with van der Waals surface area (Å²) in [6.07, 6.45) is 0.936. The topological polar surface area (TPSA) is 44.9 Å². The molecule has 0 saturated carbocycles. The first-order valence-corrected chi connectivity index (χ1v) is 3.32. The summed E-state index contributed by atoms with van der Waals surface area (Å²) in [4.78, 5) is 13.5. The number of hydrogen-bond donors (Lipinski definition) is 2. The molecule has 0 amide bonds. The largest absolute Gasteiger partial charge is 0.383 e. The Morgan fingerprint density at radius 1 is 1.25 bits per heavy atom. The summed E-state index contributed by atoms with van der Waals surface area (Å²) < 4.78 is 0. The Kier molecular flexibility index (Phi) is 4.13. The highest BCUT2D eigenvalue weighted by atomic mass is 35.5. The number of pyridine rings is 1. The summed E-state index contributed by atoms with van der Waals surface area (Å²) in [5.74, 6) is 0. The Morgan fingerprint density at radius 2 is 2.00 bits per heavy atom. The van der Waals surface area contributed by atoms with Gasteiger partial charge in [0.15, 0.2) is 0 Å². The van der Waals surface area contributed by atoms with E-state index in [-0.39, 0.29) is 30.4 Å². The van der Waals surface area contributed by atoms with Crippen LogP contribution in [0.5, 0.6) is 0 Å². The van der Waals surface area contributed by atoms with E-state index in [1.807, 2.05) is 6.07 Å². The third-order valence-electron chi connectivity index (χ3n) is 1.69. The smallest absolute Gasteiger partial charge is 0.248 e. The molecule has 5 heteroatoms. The first-order valence-electron chi connectivity index (χ1n) is 3.32. The highest BCUT2D eigenvalue weighted by Gasteiger charge is 2.08. The van der Waals surface area contributed by atoms with Crippen molar-refractivity contribution in [3.63, 3.8) is 0 Å². The van der Waals surface area contributed by atoms with Crippen LogP contribution in [0.2, 0.25) is 0 Å². The molecule has 1 aliphatic rings. The SMILES string of the molecule is Cl.Cl.O=c1ccc2c([nH]1)CCN2. The molecule has 0 atom stereocenters. The number of hydrogen-bond acceptors (Lipinski definition) is 2. The van der Waals surface area contributed by atoms with Crippen LogP contribution in [-0.4, -0.2) is 11.5 Å². The van der Waals surface area contributed by atoms with Crippen LogP contribution in [0.15, 0.2) is 16.9 Å². The van der Waals surface area contributed by atoms with Crippen LogP contribution in [0, 0.1) is 0 Å². The molecule has 0 unspecified atom stereocenters. The maximum absolute atomic E-state index is 10.7. The van der Waals surface area contributed by atoms with Crippen LogP contribution in [-0.2, 0) is 6.42 Å². The van der Waals surface area contributed by atoms with Gasteiger partial charge >= 0.3 is 0 Å². The van der Waals surface area contributed by atoms with Gasteiger partial charge in [-0.25, -0.2) is 0 Å². The van der Waals surface area contributed by atoms with Gasteiger partial charge in [-0.3, -0.25) is 4.79 Å². The number of aromatic nitrogens is 1. The normalized spacial score (nSPS) is 12.0. The highest BCUT2D eigenvalue weighted by molar-refractivity contribution is 5.85. The van der Waals surface area contributed by atoms with Crippen molar-refractivity contribution in [2.24, 2.45) is 0 Å². The maximum atomic E-state index is 10.7. The maximum Gasteiger partial charge on any atom is 0.248 e. The zero-order valence-corrected chi connectivity index (χ0v) is 7.93. The van der Waals surface area contributed by atoms with E-state index >= 15 is 0 Å². The minimum atomic E-state index is -0.0116. The van der Waals surface area contributed by atoms with Gasteiger partial charge in [0.05, 0.1) is 5.69 Å². The summed E-state index contributed by atoms with van der Waals surface area (Å²) in [5.41, 5.74) is 2.09. The van der Waals surface area contributed by atoms with E-state index < -0.39 is 0 Å². The first-order chi connectivity index (χ1) is 4.86. The molecule has 1 aliphatic heterocycles. The highest BCUT2D eigenvalue weighted by Crippen LogP contribution is 2.15. The molecule has 0 radical (unpaired) electrons. The second-order valence-corrected chi connectivity index (χ2v) is 2.39. The first kappa shape index (κ1) is 11.3. The van der Waals surface area contributed by atoms with Gasteiger partial charge < -0.3 is 10.3 Å². The van der Waals surface area contributed by atoms with E-state index in [2.05, 4.69) is 10.3 Å². The number of nitrogens with one attached hydrogen (secondary N) is 2. The molecule has 2 rings (SSSR count). The van der Waals surface area contributed by atoms with E-state index in [0.29, 0.717) is 0 Å². The van der Waals surface area contributed by atoms with E-state index in [4.69, 9.17) is 0 Å². The molecular formula is C7H10Cl2N2O. The number of rotatable bonds is 0. The van der Waals surface area contributed by atoms with E-state index in [1.165, 1.54) is 6.07 Å². The predicted molar refractivity (Wildman–Crippen MR) is 53.8 cm³/mol. The quantitative estimate of drug-likeness (QED) is 0.673. The predicted octanol–water partition coefficient (Wildman–Crippen LogP) is 1.19. The van der Waals surface area contributed by atoms with Gasteiger partial charge in [0.25, 0.3) is 0 Å². The molecule has 2 heterocycles. The summed E-state index contributed by atoms with van der Waals surface area (Å²) in [6, 6.07) is 3.36. The third-order valence-corrected chi connectivity index (χ3v) is 1.69. The Labute approximate surface area is 82.4 Å². The van der Waals surface area contributed by atoms with Crippen molar-refractivity contribution < 1.29 is 0 Å². The van der Waals surface area contributed by atoms with Crippen LogP contribution in [0.1, 0.15) is 5.69 Å². The van der Waals surface area contributed by atoms with E-state index in [9.17, 15) is 4.79 Å². The van der Waals surface area contributed by atoms with Crippen LogP contribution < -0.4 is 10.9 Å². The van der Waals surface area contributed by atoms with Gasteiger partial charge in [-0.1, -0.05) is 0 Å². The summed E-state index contributed by atoms with van der Waals surface area (Å²) in [6.45, 7) is 0.940. The lowest BCUT2D eigenvalue weighted by Gasteiger charge is -1.94. The van der Waals surface area contributed by atoms with Gasteiger partial charge in [0, 0.05) is 24.7 Å². The Balaban J connectivity index is 0.000000605. The van der Waals surface area contributed by atoms with Crippen molar-refractivity contribution in [3.05, 3.63) is 28.2 Å². The van der Waals surface area contributed by atoms with Crippen molar-refractivity contribution in [2.75, 3.05) is 11.9 Å². The molecule has 0 aromatic carbocycles. The monoisotopic (exact) mass is 208 g/mol. The van der Waals surface area contributed by atoms with Crippen LogP contribution in [0.25, 0.3) is 0 Å². The second-order valence-electron chi connectivity index (χ2n) is 2.39. The molecule has 0 aliphatic carbocycles. The van der Waals surface area contributed by atoms with Crippen molar-refractivity contribution >= 4 is 30.5 Å². The third kappa shape index (κ3) is 1.93. The molecule has 1 aromatic rings. The number of H-pyrrole nitrogens is 1. The van der Waals surface area contributed by atoms with Crippen LogP contribution >= 0.6 is 24.8 Å². The number of halogens is 2. The fourth-order valence-corrected chi connectivity index (χ4v) is 1.20. The van der Waals surface area contributed by atoms with Gasteiger partial charge in [-0.05, 0) is 6.07 Å². The zero-order chi connectivity index (χ0) is 6.97. The molecule has 1 aromatic heterocycles. The molecule has 2 N–H and O–H groups in total. The van der Waals surface area contributed by atoms with Crippen molar-refractivity contribution in [1.29, 1.82) is 0 Å². The van der Waals surface area contributed by atoms with Crippen LogP contribution in [0.3, 0.4) is 0 Å². The minimum absolute atomic E-state index is 0. The summed E-state index contributed by atoms with van der Waals surface area (Å²) >= 11 is 0. The average Bonchev–Trinajstić information content (AvgIpc) is 2.33. The fraction of sp³-hybridized carbons (Fsp3) is 0.286. The molecular weight excluding hydrogens is 199 g/mol. The zero-order valence-electron chi connectivity index (χ0n) is 6.29. The number of aromatic amines is 1. The molecule has 12 heavy (non-hydrogen) atoms. The van der Waals surface area contributed by atoms with Gasteiger partial charge in [-0.15, -0.1) is 24.8 Å². The summed E-state index contributed by atoms with van der Waals surface area (Å²) in [5, 5.41) is 3.16. The Morgan fingerprint density at radius 3 is 2.75 bits per heavy atom. The number of anilines is 1. The fourth-order valence-electron chi connectivity index (χ4n) is 1.20. The molecule has 0 saturated heterocycles.